The van der Waals surface area contributed by atoms with Crippen LogP contribution in [0.1, 0.15) is 17.3 Å². The maximum absolute atomic E-state index is 12.0. The number of nitrogens with zero attached hydrogens (tertiary/aromatic N) is 1. The number of pyridine rings is 1. The highest BCUT2D eigenvalue weighted by Gasteiger charge is 2.12. The molecule has 8 heteroatoms. The van der Waals surface area contributed by atoms with Crippen LogP contribution in [0.25, 0.3) is 0 Å². The number of carboxylic acid groups (broad SMARTS) is 1. The van der Waals surface area contributed by atoms with Crippen molar-refractivity contribution in [2.45, 2.75) is 13.5 Å². The van der Waals surface area contributed by atoms with Gasteiger partial charge in [-0.05, 0) is 36.4 Å². The third-order valence-corrected chi connectivity index (χ3v) is 3.05. The first-order valence-corrected chi connectivity index (χ1v) is 6.97. The van der Waals surface area contributed by atoms with Crippen molar-refractivity contribution in [3.05, 3.63) is 58.5 Å². The molecule has 0 spiro atoms. The summed E-state index contributed by atoms with van der Waals surface area (Å²) in [6, 6.07) is 9.00. The Hall–Kier alpha value is -3.42. The Morgan fingerprint density at radius 3 is 2.17 bits per heavy atom. The summed E-state index contributed by atoms with van der Waals surface area (Å²) in [6.45, 7) is 1.08. The molecule has 2 amide bonds. The lowest BCUT2D eigenvalue weighted by Gasteiger charge is -2.09. The molecular weight excluding hydrogens is 314 g/mol. The first kappa shape index (κ1) is 16.9. The van der Waals surface area contributed by atoms with Crippen molar-refractivity contribution >= 4 is 29.2 Å². The fourth-order valence-electron chi connectivity index (χ4n) is 2.02. The molecule has 1 aromatic heterocycles. The fraction of sp³-hybridized carbons (Fsp3) is 0.125. The Bertz CT molecular complexity index is 840. The molecule has 24 heavy (non-hydrogen) atoms. The lowest BCUT2D eigenvalue weighted by Crippen LogP contribution is -2.30. The molecule has 0 radical (unpaired) electrons. The SMILES string of the molecule is CC(=O)Nc1ccc(NC(=O)Cn2cccc(C(=O)O)c2=O)cc1. The van der Waals surface area contributed by atoms with Gasteiger partial charge < -0.3 is 20.3 Å². The van der Waals surface area contributed by atoms with E-state index in [1.54, 1.807) is 24.3 Å². The second-order valence-electron chi connectivity index (χ2n) is 4.97. The first-order valence-electron chi connectivity index (χ1n) is 6.97. The number of aromatic nitrogens is 1. The maximum atomic E-state index is 12.0. The summed E-state index contributed by atoms with van der Waals surface area (Å²) in [5.74, 6) is -2.03. The molecule has 0 unspecified atom stereocenters. The molecule has 0 saturated heterocycles. The number of anilines is 2. The van der Waals surface area contributed by atoms with Gasteiger partial charge >= 0.3 is 5.97 Å². The Balaban J connectivity index is 2.06. The largest absolute Gasteiger partial charge is 0.477 e. The summed E-state index contributed by atoms with van der Waals surface area (Å²) in [4.78, 5) is 45.7. The molecule has 0 saturated carbocycles. The van der Waals surface area contributed by atoms with Crippen LogP contribution in [0.2, 0.25) is 0 Å². The normalized spacial score (nSPS) is 10.0. The lowest BCUT2D eigenvalue weighted by molar-refractivity contribution is -0.117. The second kappa shape index (κ2) is 7.23. The third kappa shape index (κ3) is 4.29. The molecule has 1 aromatic carbocycles. The molecule has 0 fully saturated rings. The molecule has 0 bridgehead atoms. The number of hydrogen-bond donors (Lipinski definition) is 3. The minimum atomic E-state index is -1.34. The number of aromatic carboxylic acids is 1. The van der Waals surface area contributed by atoms with Crippen molar-refractivity contribution in [1.29, 1.82) is 0 Å². The number of rotatable bonds is 5. The van der Waals surface area contributed by atoms with Crippen LogP contribution in [0.4, 0.5) is 11.4 Å². The quantitative estimate of drug-likeness (QED) is 0.760. The van der Waals surface area contributed by atoms with Gasteiger partial charge in [-0.15, -0.1) is 0 Å². The van der Waals surface area contributed by atoms with Gasteiger partial charge in [0.1, 0.15) is 12.1 Å². The van der Waals surface area contributed by atoms with Gasteiger partial charge in [0, 0.05) is 24.5 Å². The second-order valence-corrected chi connectivity index (χ2v) is 4.97. The smallest absolute Gasteiger partial charge is 0.341 e. The molecule has 0 aliphatic heterocycles. The minimum Gasteiger partial charge on any atom is -0.477 e. The van der Waals surface area contributed by atoms with Crippen LogP contribution < -0.4 is 16.2 Å². The van der Waals surface area contributed by atoms with E-state index in [4.69, 9.17) is 5.11 Å². The van der Waals surface area contributed by atoms with Gasteiger partial charge in [0.05, 0.1) is 0 Å². The number of hydrogen-bond acceptors (Lipinski definition) is 4. The van der Waals surface area contributed by atoms with Crippen molar-refractivity contribution in [3.63, 3.8) is 0 Å². The van der Waals surface area contributed by atoms with Gasteiger partial charge in [-0.1, -0.05) is 0 Å². The van der Waals surface area contributed by atoms with Gasteiger partial charge in [0.15, 0.2) is 0 Å². The minimum absolute atomic E-state index is 0.204. The van der Waals surface area contributed by atoms with E-state index in [0.717, 1.165) is 4.57 Å². The van der Waals surface area contributed by atoms with E-state index in [1.807, 2.05) is 0 Å². The average molecular weight is 329 g/mol. The summed E-state index contributed by atoms with van der Waals surface area (Å²) >= 11 is 0. The van der Waals surface area contributed by atoms with Gasteiger partial charge in [0.2, 0.25) is 11.8 Å². The van der Waals surface area contributed by atoms with Crippen molar-refractivity contribution in [3.8, 4) is 0 Å². The van der Waals surface area contributed by atoms with Crippen LogP contribution in [0, 0.1) is 0 Å². The summed E-state index contributed by atoms with van der Waals surface area (Å²) in [6.07, 6.45) is 1.34. The van der Waals surface area contributed by atoms with Crippen molar-refractivity contribution in [1.82, 2.24) is 4.57 Å². The number of amides is 2. The van der Waals surface area contributed by atoms with Crippen LogP contribution >= 0.6 is 0 Å². The van der Waals surface area contributed by atoms with E-state index in [-0.39, 0.29) is 12.5 Å². The topological polar surface area (TPSA) is 118 Å². The molecule has 0 aliphatic carbocycles. The van der Waals surface area contributed by atoms with Crippen LogP contribution in [-0.4, -0.2) is 27.5 Å². The van der Waals surface area contributed by atoms with Crippen LogP contribution in [0.3, 0.4) is 0 Å². The average Bonchev–Trinajstić information content (AvgIpc) is 2.50. The Kier molecular flexibility index (Phi) is 5.10. The van der Waals surface area contributed by atoms with Crippen molar-refractivity contribution < 1.29 is 19.5 Å². The van der Waals surface area contributed by atoms with Crippen molar-refractivity contribution in [2.75, 3.05) is 10.6 Å². The van der Waals surface area contributed by atoms with Crippen LogP contribution in [0.5, 0.6) is 0 Å². The van der Waals surface area contributed by atoms with E-state index in [0.29, 0.717) is 11.4 Å². The van der Waals surface area contributed by atoms with E-state index < -0.39 is 23.0 Å². The zero-order chi connectivity index (χ0) is 17.7. The van der Waals surface area contributed by atoms with Crippen molar-refractivity contribution in [2.24, 2.45) is 0 Å². The molecule has 2 rings (SSSR count). The molecular formula is C16H15N3O5. The zero-order valence-electron chi connectivity index (χ0n) is 12.8. The summed E-state index contributed by atoms with van der Waals surface area (Å²) in [5.41, 5.74) is -0.0754. The number of nitrogens with one attached hydrogen (secondary N) is 2. The van der Waals surface area contributed by atoms with E-state index >= 15 is 0 Å². The van der Waals surface area contributed by atoms with E-state index in [2.05, 4.69) is 10.6 Å². The third-order valence-electron chi connectivity index (χ3n) is 3.05. The molecule has 0 atom stereocenters. The van der Waals surface area contributed by atoms with E-state index in [1.165, 1.54) is 25.3 Å². The standard InChI is InChI=1S/C16H15N3O5/c1-10(20)17-11-4-6-12(7-5-11)18-14(21)9-19-8-2-3-13(15(19)22)16(23)24/h2-8H,9H2,1H3,(H,17,20)(H,18,21)(H,23,24). The van der Waals surface area contributed by atoms with E-state index in [9.17, 15) is 19.2 Å². The molecule has 3 N–H and O–H groups in total. The number of carbonyl (C=O) groups is 3. The van der Waals surface area contributed by atoms with Crippen LogP contribution in [-0.2, 0) is 16.1 Å². The molecule has 1 heterocycles. The Labute approximate surface area is 136 Å². The molecule has 2 aromatic rings. The highest BCUT2D eigenvalue weighted by Crippen LogP contribution is 2.13. The molecule has 0 aliphatic rings. The summed E-state index contributed by atoms with van der Waals surface area (Å²) in [7, 11) is 0. The van der Waals surface area contributed by atoms with Gasteiger partial charge in [-0.2, -0.15) is 0 Å². The van der Waals surface area contributed by atoms with Gasteiger partial charge in [-0.25, -0.2) is 4.79 Å². The first-order chi connectivity index (χ1) is 11.4. The number of benzene rings is 1. The predicted octanol–water partition coefficient (Wildman–Crippen LogP) is 1.14. The Morgan fingerprint density at radius 2 is 1.62 bits per heavy atom. The maximum Gasteiger partial charge on any atom is 0.341 e. The van der Waals surface area contributed by atoms with Gasteiger partial charge in [0.25, 0.3) is 5.56 Å². The number of carboxylic acids is 1. The molecule has 8 nitrogen and oxygen atoms in total. The number of carbonyl (C=O) groups excluding carboxylic acids is 2. The fourth-order valence-corrected chi connectivity index (χ4v) is 2.02. The molecule has 124 valence electrons. The predicted molar refractivity (Wildman–Crippen MR) is 87.0 cm³/mol. The Morgan fingerprint density at radius 1 is 1.04 bits per heavy atom. The van der Waals surface area contributed by atoms with Gasteiger partial charge in [-0.3, -0.25) is 14.4 Å². The lowest BCUT2D eigenvalue weighted by atomic mass is 10.2. The highest BCUT2D eigenvalue weighted by atomic mass is 16.4. The zero-order valence-corrected chi connectivity index (χ0v) is 12.8. The highest BCUT2D eigenvalue weighted by molar-refractivity contribution is 5.92. The monoisotopic (exact) mass is 329 g/mol. The summed E-state index contributed by atoms with van der Waals surface area (Å²) < 4.78 is 1.02. The van der Waals surface area contributed by atoms with Crippen LogP contribution in [0.15, 0.2) is 47.4 Å². The summed E-state index contributed by atoms with van der Waals surface area (Å²) in [5, 5.41) is 14.1.